The maximum Gasteiger partial charge on any atom is 0.195 e. The Balaban J connectivity index is 0.00000261. The third-order valence-corrected chi connectivity index (χ3v) is 4.87. The first-order chi connectivity index (χ1) is 12.7. The van der Waals surface area contributed by atoms with E-state index in [1.165, 1.54) is 32.4 Å². The van der Waals surface area contributed by atoms with Gasteiger partial charge in [0, 0.05) is 38.3 Å². The van der Waals surface area contributed by atoms with Crippen LogP contribution in [-0.2, 0) is 0 Å². The van der Waals surface area contributed by atoms with Crippen LogP contribution >= 0.6 is 24.0 Å². The highest BCUT2D eigenvalue weighted by Gasteiger charge is 2.14. The number of fused-ring (bicyclic) bond motifs is 1. The van der Waals surface area contributed by atoms with E-state index in [1.807, 2.05) is 18.2 Å². The van der Waals surface area contributed by atoms with Gasteiger partial charge >= 0.3 is 0 Å². The fourth-order valence-electron chi connectivity index (χ4n) is 3.48. The van der Waals surface area contributed by atoms with Crippen molar-refractivity contribution in [2.45, 2.75) is 32.6 Å². The number of aliphatic imine (C=N–C) groups is 1. The van der Waals surface area contributed by atoms with Crippen molar-refractivity contribution in [3.05, 3.63) is 18.2 Å². The fraction of sp³-hybridized carbons (Fsp3) is 0.650. The number of anilines is 1. The molecule has 7 heteroatoms. The molecular weight excluding hydrogens is 455 g/mol. The molecule has 1 unspecified atom stereocenters. The van der Waals surface area contributed by atoms with Crippen LogP contribution in [0.1, 0.15) is 32.6 Å². The van der Waals surface area contributed by atoms with Crippen molar-refractivity contribution >= 4 is 35.6 Å². The first-order valence-corrected chi connectivity index (χ1v) is 9.84. The molecule has 1 fully saturated rings. The maximum atomic E-state index is 5.76. The molecule has 0 saturated carbocycles. The number of hydrogen-bond acceptors (Lipinski definition) is 4. The topological polar surface area (TPSA) is 58.1 Å². The van der Waals surface area contributed by atoms with Gasteiger partial charge in [-0.2, -0.15) is 0 Å². The number of guanidine groups is 1. The molecule has 2 aliphatic heterocycles. The van der Waals surface area contributed by atoms with Crippen LogP contribution in [0.3, 0.4) is 0 Å². The van der Waals surface area contributed by atoms with Crippen LogP contribution < -0.4 is 20.1 Å². The Morgan fingerprint density at radius 1 is 1.11 bits per heavy atom. The highest BCUT2D eigenvalue weighted by atomic mass is 127. The summed E-state index contributed by atoms with van der Waals surface area (Å²) in [5.74, 6) is 2.97. The van der Waals surface area contributed by atoms with E-state index in [0.29, 0.717) is 19.1 Å². The fourth-order valence-corrected chi connectivity index (χ4v) is 3.48. The van der Waals surface area contributed by atoms with Crippen LogP contribution in [0.2, 0.25) is 0 Å². The second-order valence-corrected chi connectivity index (χ2v) is 7.26. The smallest absolute Gasteiger partial charge is 0.195 e. The number of likely N-dealkylation sites (tertiary alicyclic amines) is 1. The molecule has 0 aliphatic carbocycles. The Hall–Kier alpha value is -1.22. The van der Waals surface area contributed by atoms with Crippen molar-refractivity contribution in [3.63, 3.8) is 0 Å². The molecule has 0 amide bonds. The number of halogens is 1. The summed E-state index contributed by atoms with van der Waals surface area (Å²) in [6.07, 6.45) is 4.98. The van der Waals surface area contributed by atoms with Gasteiger partial charge in [0.05, 0.1) is 13.2 Å². The van der Waals surface area contributed by atoms with Gasteiger partial charge in [-0.3, -0.25) is 4.99 Å². The maximum absolute atomic E-state index is 5.76. The van der Waals surface area contributed by atoms with Gasteiger partial charge in [-0.15, -0.1) is 24.0 Å². The normalized spacial score (nSPS) is 18.8. The molecule has 0 bridgehead atoms. The summed E-state index contributed by atoms with van der Waals surface area (Å²) in [5.41, 5.74) is 0.950. The summed E-state index contributed by atoms with van der Waals surface area (Å²) in [5, 5.41) is 6.79. The Morgan fingerprint density at radius 2 is 1.85 bits per heavy atom. The van der Waals surface area contributed by atoms with Gasteiger partial charge in [0.15, 0.2) is 17.5 Å². The van der Waals surface area contributed by atoms with Gasteiger partial charge in [0.2, 0.25) is 0 Å². The predicted molar refractivity (Wildman–Crippen MR) is 122 cm³/mol. The highest BCUT2D eigenvalue weighted by molar-refractivity contribution is 14.0. The van der Waals surface area contributed by atoms with Crippen molar-refractivity contribution < 1.29 is 9.47 Å². The zero-order chi connectivity index (χ0) is 18.2. The average Bonchev–Trinajstić information content (AvgIpc) is 2.91. The van der Waals surface area contributed by atoms with E-state index in [1.54, 1.807) is 7.05 Å². The molecule has 1 atom stereocenters. The van der Waals surface area contributed by atoms with Crippen LogP contribution in [0.25, 0.3) is 0 Å². The van der Waals surface area contributed by atoms with E-state index in [0.717, 1.165) is 42.7 Å². The first-order valence-electron chi connectivity index (χ1n) is 9.84. The minimum absolute atomic E-state index is 0. The van der Waals surface area contributed by atoms with Crippen molar-refractivity contribution in [1.29, 1.82) is 0 Å². The molecular formula is C20H33IN4O2. The summed E-state index contributed by atoms with van der Waals surface area (Å²) in [4.78, 5) is 6.92. The van der Waals surface area contributed by atoms with Crippen LogP contribution in [0, 0.1) is 5.92 Å². The largest absolute Gasteiger partial charge is 0.490 e. The van der Waals surface area contributed by atoms with Gasteiger partial charge in [0.25, 0.3) is 0 Å². The quantitative estimate of drug-likeness (QED) is 0.377. The first kappa shape index (κ1) is 22.1. The summed E-state index contributed by atoms with van der Waals surface area (Å²) in [7, 11) is 1.80. The van der Waals surface area contributed by atoms with E-state index in [4.69, 9.17) is 9.47 Å². The van der Waals surface area contributed by atoms with E-state index in [9.17, 15) is 0 Å². The van der Waals surface area contributed by atoms with Crippen molar-refractivity contribution in [2.24, 2.45) is 10.9 Å². The second kappa shape index (κ2) is 11.6. The number of ether oxygens (including phenoxy) is 2. The number of nitrogens with one attached hydrogen (secondary N) is 2. The molecule has 27 heavy (non-hydrogen) atoms. The lowest BCUT2D eigenvalue weighted by Gasteiger charge is -2.29. The Labute approximate surface area is 180 Å². The zero-order valence-corrected chi connectivity index (χ0v) is 18.8. The SMILES string of the molecule is CN=C(NCC(C)CN1CCCCC1)Nc1ccc2c(c1)OCCCO2.I. The van der Waals surface area contributed by atoms with Crippen LogP contribution in [0.15, 0.2) is 23.2 Å². The average molecular weight is 488 g/mol. The minimum atomic E-state index is 0. The molecule has 0 spiro atoms. The van der Waals surface area contributed by atoms with Crippen LogP contribution in [0.5, 0.6) is 11.5 Å². The number of benzene rings is 1. The number of piperidine rings is 1. The third-order valence-electron chi connectivity index (χ3n) is 4.87. The molecule has 2 N–H and O–H groups in total. The molecule has 1 aromatic carbocycles. The predicted octanol–water partition coefficient (Wildman–Crippen LogP) is 3.58. The molecule has 6 nitrogen and oxygen atoms in total. The molecule has 2 aliphatic rings. The lowest BCUT2D eigenvalue weighted by atomic mass is 10.1. The van der Waals surface area contributed by atoms with E-state index < -0.39 is 0 Å². The van der Waals surface area contributed by atoms with Crippen molar-refractivity contribution in [1.82, 2.24) is 10.2 Å². The third kappa shape index (κ3) is 7.03. The molecule has 152 valence electrons. The summed E-state index contributed by atoms with van der Waals surface area (Å²) in [6, 6.07) is 5.93. The summed E-state index contributed by atoms with van der Waals surface area (Å²) < 4.78 is 11.4. The number of nitrogens with zero attached hydrogens (tertiary/aromatic N) is 2. The Kier molecular flexibility index (Phi) is 9.47. The molecule has 1 saturated heterocycles. The van der Waals surface area contributed by atoms with Crippen LogP contribution in [0.4, 0.5) is 5.69 Å². The van der Waals surface area contributed by atoms with E-state index in [-0.39, 0.29) is 24.0 Å². The van der Waals surface area contributed by atoms with Gasteiger partial charge in [0.1, 0.15) is 0 Å². The van der Waals surface area contributed by atoms with E-state index in [2.05, 4.69) is 27.4 Å². The summed E-state index contributed by atoms with van der Waals surface area (Å²) in [6.45, 7) is 8.23. The highest BCUT2D eigenvalue weighted by Crippen LogP contribution is 2.32. The molecule has 1 aromatic rings. The summed E-state index contributed by atoms with van der Waals surface area (Å²) >= 11 is 0. The molecule has 0 aromatic heterocycles. The second-order valence-electron chi connectivity index (χ2n) is 7.26. The molecule has 2 heterocycles. The lowest BCUT2D eigenvalue weighted by molar-refractivity contribution is 0.201. The molecule has 3 rings (SSSR count). The van der Waals surface area contributed by atoms with Crippen LogP contribution in [-0.4, -0.2) is 57.3 Å². The standard InChI is InChI=1S/C20H32N4O2.HI/c1-16(15-24-9-4-3-5-10-24)14-22-20(21-2)23-17-7-8-18-19(13-17)26-12-6-11-25-18;/h7-8,13,16H,3-6,9-12,14-15H2,1-2H3,(H2,21,22,23);1H. The lowest BCUT2D eigenvalue weighted by Crippen LogP contribution is -2.39. The monoisotopic (exact) mass is 488 g/mol. The Bertz CT molecular complexity index is 606. The van der Waals surface area contributed by atoms with Crippen molar-refractivity contribution in [2.75, 3.05) is 51.8 Å². The number of rotatable bonds is 5. The molecule has 0 radical (unpaired) electrons. The van der Waals surface area contributed by atoms with Gasteiger partial charge in [-0.05, 0) is 44.0 Å². The van der Waals surface area contributed by atoms with Gasteiger partial charge in [-0.25, -0.2) is 0 Å². The Morgan fingerprint density at radius 3 is 2.59 bits per heavy atom. The minimum Gasteiger partial charge on any atom is -0.490 e. The van der Waals surface area contributed by atoms with Gasteiger partial charge in [-0.1, -0.05) is 13.3 Å². The number of hydrogen-bond donors (Lipinski definition) is 2. The van der Waals surface area contributed by atoms with Gasteiger partial charge < -0.3 is 25.0 Å². The van der Waals surface area contributed by atoms with Crippen molar-refractivity contribution in [3.8, 4) is 11.5 Å². The van der Waals surface area contributed by atoms with E-state index >= 15 is 0 Å². The zero-order valence-electron chi connectivity index (χ0n) is 16.5.